The Morgan fingerprint density at radius 1 is 1.21 bits per heavy atom. The number of amidine groups is 1. The fourth-order valence-corrected chi connectivity index (χ4v) is 1.43. The van der Waals surface area contributed by atoms with Crippen LogP contribution >= 0.6 is 0 Å². The van der Waals surface area contributed by atoms with Gasteiger partial charge in [-0.25, -0.2) is 13.8 Å². The van der Waals surface area contributed by atoms with Gasteiger partial charge in [0.25, 0.3) is 0 Å². The van der Waals surface area contributed by atoms with Crippen molar-refractivity contribution >= 4 is 17.5 Å². The van der Waals surface area contributed by atoms with Crippen LogP contribution in [-0.2, 0) is 6.18 Å². The molecule has 0 bridgehead atoms. The molecule has 0 saturated carbocycles. The second kappa shape index (κ2) is 4.48. The zero-order chi connectivity index (χ0) is 14.2. The lowest BCUT2D eigenvalue weighted by Crippen LogP contribution is -2.16. The third kappa shape index (κ3) is 2.64. The Labute approximate surface area is 103 Å². The predicted molar refractivity (Wildman–Crippen MR) is 58.9 cm³/mol. The van der Waals surface area contributed by atoms with E-state index < -0.39 is 29.1 Å². The van der Waals surface area contributed by atoms with Crippen molar-refractivity contribution in [2.45, 2.75) is 6.18 Å². The molecule has 1 aromatic rings. The Bertz CT molecular complexity index is 576. The molecule has 0 atom stereocenters. The minimum Gasteiger partial charge on any atom is -0.385 e. The summed E-state index contributed by atoms with van der Waals surface area (Å²) in [4.78, 5) is 7.22. The summed E-state index contributed by atoms with van der Waals surface area (Å²) in [5.41, 5.74) is 2.74. The number of benzene rings is 1. The summed E-state index contributed by atoms with van der Waals surface area (Å²) in [5.74, 6) is -3.09. The third-order valence-electron chi connectivity index (χ3n) is 2.27. The first-order chi connectivity index (χ1) is 8.79. The number of nitrogens with zero attached hydrogens (tertiary/aromatic N) is 2. The maximum Gasteiger partial charge on any atom is 0.419 e. The molecule has 1 aliphatic rings. The van der Waals surface area contributed by atoms with Gasteiger partial charge in [-0.05, 0) is 12.1 Å². The van der Waals surface area contributed by atoms with E-state index in [-0.39, 0.29) is 18.3 Å². The Kier molecular flexibility index (Phi) is 3.13. The van der Waals surface area contributed by atoms with Gasteiger partial charge in [0.2, 0.25) is 5.96 Å². The van der Waals surface area contributed by atoms with Gasteiger partial charge >= 0.3 is 6.18 Å². The first kappa shape index (κ1) is 13.2. The number of halogens is 5. The Balaban J connectivity index is 2.40. The van der Waals surface area contributed by atoms with E-state index in [1.54, 1.807) is 0 Å². The van der Waals surface area contributed by atoms with Crippen LogP contribution in [0.3, 0.4) is 0 Å². The van der Waals surface area contributed by atoms with E-state index in [1.165, 1.54) is 0 Å². The number of hydrogen-bond donors (Lipinski definition) is 2. The van der Waals surface area contributed by atoms with Crippen molar-refractivity contribution in [2.24, 2.45) is 15.7 Å². The fraction of sp³-hybridized carbons (Fsp3) is 0.200. The molecule has 3 N–H and O–H groups in total. The highest BCUT2D eigenvalue weighted by molar-refractivity contribution is 6.07. The van der Waals surface area contributed by atoms with E-state index in [0.29, 0.717) is 12.1 Å². The molecule has 0 saturated heterocycles. The zero-order valence-corrected chi connectivity index (χ0v) is 9.22. The molecule has 0 radical (unpaired) electrons. The van der Waals surface area contributed by atoms with Crippen LogP contribution < -0.4 is 11.1 Å². The highest BCUT2D eigenvalue weighted by atomic mass is 19.4. The molecule has 0 spiro atoms. The number of anilines is 1. The van der Waals surface area contributed by atoms with Gasteiger partial charge < -0.3 is 11.1 Å². The summed E-state index contributed by atoms with van der Waals surface area (Å²) in [6.07, 6.45) is -4.92. The van der Waals surface area contributed by atoms with Crippen LogP contribution in [0.2, 0.25) is 0 Å². The summed E-state index contributed by atoms with van der Waals surface area (Å²) >= 11 is 0. The minimum absolute atomic E-state index is 0.0184. The molecular formula is C10H7F5N4. The van der Waals surface area contributed by atoms with Gasteiger partial charge in [0, 0.05) is 0 Å². The molecule has 0 amide bonds. The van der Waals surface area contributed by atoms with Gasteiger partial charge in [0.15, 0.2) is 5.82 Å². The van der Waals surface area contributed by atoms with E-state index >= 15 is 0 Å². The van der Waals surface area contributed by atoms with Crippen molar-refractivity contribution in [3.63, 3.8) is 0 Å². The van der Waals surface area contributed by atoms with Crippen LogP contribution in [0.5, 0.6) is 0 Å². The maximum atomic E-state index is 13.6. The van der Waals surface area contributed by atoms with Gasteiger partial charge in [0.05, 0.1) is 5.56 Å². The fourth-order valence-electron chi connectivity index (χ4n) is 1.43. The van der Waals surface area contributed by atoms with Crippen molar-refractivity contribution in [1.29, 1.82) is 0 Å². The second-order valence-electron chi connectivity index (χ2n) is 3.65. The molecule has 2 rings (SSSR count). The van der Waals surface area contributed by atoms with Crippen LogP contribution in [0, 0.1) is 11.6 Å². The van der Waals surface area contributed by atoms with E-state index in [4.69, 9.17) is 5.73 Å². The normalized spacial score (nSPS) is 15.2. The van der Waals surface area contributed by atoms with Gasteiger partial charge in [-0.1, -0.05) is 0 Å². The van der Waals surface area contributed by atoms with Crippen molar-refractivity contribution in [1.82, 2.24) is 0 Å². The molecule has 4 nitrogen and oxygen atoms in total. The highest BCUT2D eigenvalue weighted by Crippen LogP contribution is 2.35. The Morgan fingerprint density at radius 2 is 1.89 bits per heavy atom. The van der Waals surface area contributed by atoms with Crippen LogP contribution in [0.15, 0.2) is 22.1 Å². The van der Waals surface area contributed by atoms with Crippen molar-refractivity contribution in [3.8, 4) is 0 Å². The van der Waals surface area contributed by atoms with E-state index in [9.17, 15) is 22.0 Å². The van der Waals surface area contributed by atoms with Crippen molar-refractivity contribution in [3.05, 3.63) is 29.3 Å². The Morgan fingerprint density at radius 3 is 2.42 bits per heavy atom. The number of nitrogens with two attached hydrogens (primary N) is 1. The molecule has 1 aromatic carbocycles. The molecule has 9 heteroatoms. The smallest absolute Gasteiger partial charge is 0.385 e. The molecule has 102 valence electrons. The molecule has 1 heterocycles. The molecular weight excluding hydrogens is 271 g/mol. The Hall–Kier alpha value is -2.19. The molecule has 19 heavy (non-hydrogen) atoms. The third-order valence-corrected chi connectivity index (χ3v) is 2.27. The molecule has 0 aromatic heterocycles. The van der Waals surface area contributed by atoms with Crippen LogP contribution in [0.1, 0.15) is 5.56 Å². The summed E-state index contributed by atoms with van der Waals surface area (Å²) in [7, 11) is 0. The van der Waals surface area contributed by atoms with E-state index in [0.717, 1.165) is 0 Å². The first-order valence-electron chi connectivity index (χ1n) is 4.98. The highest BCUT2D eigenvalue weighted by Gasteiger charge is 2.36. The first-order valence-corrected chi connectivity index (χ1v) is 4.98. The predicted octanol–water partition coefficient (Wildman–Crippen LogP) is 2.12. The summed E-state index contributed by atoms with van der Waals surface area (Å²) in [5, 5.41) is 2.05. The molecule has 0 fully saturated rings. The van der Waals surface area contributed by atoms with Gasteiger partial charge in [0.1, 0.15) is 23.9 Å². The number of guanidine groups is 1. The van der Waals surface area contributed by atoms with Crippen molar-refractivity contribution < 1.29 is 22.0 Å². The van der Waals surface area contributed by atoms with E-state index in [2.05, 4.69) is 15.3 Å². The van der Waals surface area contributed by atoms with Gasteiger partial charge in [-0.15, -0.1) is 0 Å². The van der Waals surface area contributed by atoms with Crippen molar-refractivity contribution in [2.75, 3.05) is 11.9 Å². The zero-order valence-electron chi connectivity index (χ0n) is 9.22. The van der Waals surface area contributed by atoms with Crippen LogP contribution in [0.25, 0.3) is 0 Å². The molecule has 1 aliphatic heterocycles. The lowest BCUT2D eigenvalue weighted by atomic mass is 10.1. The molecule has 0 unspecified atom stereocenters. The SMILES string of the molecule is NC1=NC(Nc2c(F)ccc(C(F)(F)F)c2F)=NC1. The number of hydrogen-bond acceptors (Lipinski definition) is 4. The number of alkyl halides is 3. The standard InChI is InChI=1S/C10H7F5N4/c11-5-2-1-4(10(13,14)15)7(12)8(5)19-9-17-3-6(16)18-9/h1-2H,3H2,(H3,16,17,18,19). The number of aliphatic imine (C=N–C) groups is 2. The van der Waals surface area contributed by atoms with Gasteiger partial charge in [-0.2, -0.15) is 18.2 Å². The molecule has 0 aliphatic carbocycles. The summed E-state index contributed by atoms with van der Waals surface area (Å²) < 4.78 is 64.4. The summed E-state index contributed by atoms with van der Waals surface area (Å²) in [6, 6.07) is 0.834. The summed E-state index contributed by atoms with van der Waals surface area (Å²) in [6.45, 7) is 0.0184. The lowest BCUT2D eigenvalue weighted by molar-refractivity contribution is -0.139. The largest absolute Gasteiger partial charge is 0.419 e. The van der Waals surface area contributed by atoms with Crippen LogP contribution in [0.4, 0.5) is 27.6 Å². The monoisotopic (exact) mass is 278 g/mol. The lowest BCUT2D eigenvalue weighted by Gasteiger charge is -2.12. The average molecular weight is 278 g/mol. The quantitative estimate of drug-likeness (QED) is 0.773. The maximum absolute atomic E-state index is 13.6. The average Bonchev–Trinajstić information content (AvgIpc) is 2.68. The van der Waals surface area contributed by atoms with Gasteiger partial charge in [-0.3, -0.25) is 0 Å². The topological polar surface area (TPSA) is 62.8 Å². The van der Waals surface area contributed by atoms with Crippen LogP contribution in [-0.4, -0.2) is 18.3 Å². The number of nitrogens with one attached hydrogen (secondary N) is 1. The second-order valence-corrected chi connectivity index (χ2v) is 3.65. The minimum atomic E-state index is -4.92. The van der Waals surface area contributed by atoms with E-state index in [1.807, 2.05) is 0 Å². The number of rotatable bonds is 1.